The van der Waals surface area contributed by atoms with Crippen LogP contribution in [0, 0.1) is 6.92 Å². The van der Waals surface area contributed by atoms with Crippen molar-refractivity contribution in [1.82, 2.24) is 19.5 Å². The predicted octanol–water partition coefficient (Wildman–Crippen LogP) is 4.60. The number of pyridine rings is 2. The maximum Gasteiger partial charge on any atom is 0.146 e. The predicted molar refractivity (Wildman–Crippen MR) is 125 cm³/mol. The van der Waals surface area contributed by atoms with Gasteiger partial charge in [-0.25, -0.2) is 15.0 Å². The van der Waals surface area contributed by atoms with Gasteiger partial charge >= 0.3 is 0 Å². The Morgan fingerprint density at radius 2 is 2.06 bits per heavy atom. The molecule has 0 saturated carbocycles. The number of rotatable bonds is 7. The summed E-state index contributed by atoms with van der Waals surface area (Å²) in [4.78, 5) is 13.5. The zero-order valence-corrected chi connectivity index (χ0v) is 18.7. The molecular weight excluding hydrogens is 435 g/mol. The number of halogens is 2. The van der Waals surface area contributed by atoms with Gasteiger partial charge in [0.2, 0.25) is 0 Å². The molecule has 4 aromatic rings. The fraction of sp³-hybridized carbons (Fsp3) is 0.227. The van der Waals surface area contributed by atoms with E-state index < -0.39 is 0 Å². The van der Waals surface area contributed by atoms with Crippen LogP contribution in [0.15, 0.2) is 42.9 Å². The van der Waals surface area contributed by atoms with Crippen molar-refractivity contribution in [3.8, 4) is 17.1 Å². The average molecular weight is 457 g/mol. The van der Waals surface area contributed by atoms with Crippen molar-refractivity contribution in [3.05, 3.63) is 64.2 Å². The summed E-state index contributed by atoms with van der Waals surface area (Å²) >= 11 is 12.9. The summed E-state index contributed by atoms with van der Waals surface area (Å²) in [5.41, 5.74) is 8.82. The molecule has 0 aliphatic carbocycles. The molecule has 3 aromatic heterocycles. The highest BCUT2D eigenvalue weighted by Gasteiger charge is 2.16. The Balaban J connectivity index is 1.71. The summed E-state index contributed by atoms with van der Waals surface area (Å²) in [6, 6.07) is 7.86. The van der Waals surface area contributed by atoms with Crippen molar-refractivity contribution < 1.29 is 4.74 Å². The number of fused-ring (bicyclic) bond motifs is 1. The van der Waals surface area contributed by atoms with Crippen LogP contribution >= 0.6 is 23.2 Å². The zero-order valence-electron chi connectivity index (χ0n) is 17.2. The Morgan fingerprint density at radius 3 is 2.81 bits per heavy atom. The number of benzene rings is 1. The molecular formula is C22H22Cl2N6O. The molecule has 0 amide bonds. The van der Waals surface area contributed by atoms with Crippen molar-refractivity contribution in [2.45, 2.75) is 13.5 Å². The van der Waals surface area contributed by atoms with Crippen molar-refractivity contribution >= 4 is 39.9 Å². The molecule has 0 aliphatic rings. The second-order valence-electron chi connectivity index (χ2n) is 7.08. The van der Waals surface area contributed by atoms with Crippen LogP contribution in [-0.2, 0) is 13.7 Å². The first-order valence-corrected chi connectivity index (χ1v) is 10.5. The average Bonchev–Trinajstić information content (AvgIpc) is 3.18. The fourth-order valence-electron chi connectivity index (χ4n) is 3.38. The Kier molecular flexibility index (Phi) is 6.27. The van der Waals surface area contributed by atoms with E-state index in [1.807, 2.05) is 49.0 Å². The maximum absolute atomic E-state index is 6.51. The van der Waals surface area contributed by atoms with Crippen molar-refractivity contribution in [1.29, 1.82) is 0 Å². The van der Waals surface area contributed by atoms with Crippen molar-refractivity contribution in [2.24, 2.45) is 12.8 Å². The Hall–Kier alpha value is -2.87. The van der Waals surface area contributed by atoms with E-state index in [2.05, 4.69) is 15.3 Å². The Bertz CT molecular complexity index is 1240. The van der Waals surface area contributed by atoms with Crippen molar-refractivity contribution in [2.75, 3.05) is 18.4 Å². The number of hydrogen-bond acceptors (Lipinski definition) is 6. The van der Waals surface area contributed by atoms with Gasteiger partial charge in [0.1, 0.15) is 29.5 Å². The SMILES string of the molecule is Cc1cc(-c2nccn2C)c2cccc(OCc3c(Cl)cnc(NCCN)c3Cl)c2n1. The summed E-state index contributed by atoms with van der Waals surface area (Å²) in [5.74, 6) is 2.03. The van der Waals surface area contributed by atoms with Gasteiger partial charge in [-0.3, -0.25) is 0 Å². The molecule has 0 radical (unpaired) electrons. The van der Waals surface area contributed by atoms with Gasteiger partial charge < -0.3 is 20.4 Å². The molecule has 0 bridgehead atoms. The Labute approximate surface area is 190 Å². The van der Waals surface area contributed by atoms with E-state index in [1.165, 1.54) is 0 Å². The standard InChI is InChI=1S/C22H22Cl2N6O/c1-13-10-15(22-27-8-9-30(22)2)14-4-3-5-18(20(14)29-13)31-12-16-17(23)11-28-21(19(16)24)26-7-6-25/h3-5,8-11H,6-7,12,25H2,1-2H3,(H,26,28). The molecule has 3 N–H and O–H groups in total. The number of ether oxygens (including phenoxy) is 1. The van der Waals surface area contributed by atoms with E-state index >= 15 is 0 Å². The molecule has 3 heterocycles. The second kappa shape index (κ2) is 9.09. The number of hydrogen-bond donors (Lipinski definition) is 2. The highest BCUT2D eigenvalue weighted by molar-refractivity contribution is 6.37. The van der Waals surface area contributed by atoms with E-state index in [0.717, 1.165) is 28.0 Å². The van der Waals surface area contributed by atoms with Gasteiger partial charge in [-0.05, 0) is 19.1 Å². The molecule has 160 valence electrons. The van der Waals surface area contributed by atoms with Crippen LogP contribution in [0.25, 0.3) is 22.3 Å². The van der Waals surface area contributed by atoms with Gasteiger partial charge in [0.25, 0.3) is 0 Å². The van der Waals surface area contributed by atoms with Crippen LogP contribution in [0.1, 0.15) is 11.3 Å². The third kappa shape index (κ3) is 4.30. The number of nitrogens with one attached hydrogen (secondary N) is 1. The molecule has 31 heavy (non-hydrogen) atoms. The number of nitrogens with zero attached hydrogens (tertiary/aromatic N) is 4. The number of aromatic nitrogens is 4. The summed E-state index contributed by atoms with van der Waals surface area (Å²) in [6.07, 6.45) is 5.25. The minimum absolute atomic E-state index is 0.171. The van der Waals surface area contributed by atoms with Crippen LogP contribution in [0.2, 0.25) is 10.0 Å². The highest BCUT2D eigenvalue weighted by atomic mass is 35.5. The minimum Gasteiger partial charge on any atom is -0.487 e. The number of imidazole rings is 1. The normalized spacial score (nSPS) is 11.1. The van der Waals surface area contributed by atoms with Gasteiger partial charge in [0, 0.05) is 60.9 Å². The molecule has 0 unspecified atom stereocenters. The first-order valence-electron chi connectivity index (χ1n) is 9.77. The molecule has 0 atom stereocenters. The van der Waals surface area contributed by atoms with Gasteiger partial charge in [0.15, 0.2) is 0 Å². The first-order chi connectivity index (χ1) is 15.0. The molecule has 9 heteroatoms. The lowest BCUT2D eigenvalue weighted by Crippen LogP contribution is -2.14. The van der Waals surface area contributed by atoms with Crippen LogP contribution < -0.4 is 15.8 Å². The van der Waals surface area contributed by atoms with Crippen molar-refractivity contribution in [3.63, 3.8) is 0 Å². The molecule has 0 saturated heterocycles. The smallest absolute Gasteiger partial charge is 0.146 e. The lowest BCUT2D eigenvalue weighted by molar-refractivity contribution is 0.309. The Morgan fingerprint density at radius 1 is 1.23 bits per heavy atom. The van der Waals surface area contributed by atoms with Crippen LogP contribution in [0.3, 0.4) is 0 Å². The van der Waals surface area contributed by atoms with Crippen LogP contribution in [0.5, 0.6) is 5.75 Å². The van der Waals surface area contributed by atoms with E-state index in [4.69, 9.17) is 38.7 Å². The summed E-state index contributed by atoms with van der Waals surface area (Å²) < 4.78 is 8.13. The third-order valence-electron chi connectivity index (χ3n) is 4.87. The number of aryl methyl sites for hydroxylation is 2. The highest BCUT2D eigenvalue weighted by Crippen LogP contribution is 2.34. The number of anilines is 1. The summed E-state index contributed by atoms with van der Waals surface area (Å²) in [5, 5.41) is 4.89. The first kappa shape index (κ1) is 21.4. The van der Waals surface area contributed by atoms with E-state index in [9.17, 15) is 0 Å². The van der Waals surface area contributed by atoms with Crippen LogP contribution in [0.4, 0.5) is 5.82 Å². The summed E-state index contributed by atoms with van der Waals surface area (Å²) in [6.45, 7) is 3.14. The number of nitrogens with two attached hydrogens (primary N) is 1. The maximum atomic E-state index is 6.51. The van der Waals surface area contributed by atoms with E-state index in [-0.39, 0.29) is 6.61 Å². The molecule has 0 fully saturated rings. The monoisotopic (exact) mass is 456 g/mol. The summed E-state index contributed by atoms with van der Waals surface area (Å²) in [7, 11) is 1.97. The minimum atomic E-state index is 0.171. The van der Waals surface area contributed by atoms with Gasteiger partial charge in [-0.15, -0.1) is 0 Å². The molecule has 1 aromatic carbocycles. The molecule has 0 spiro atoms. The quantitative estimate of drug-likeness (QED) is 0.422. The van der Waals surface area contributed by atoms with Gasteiger partial charge in [-0.1, -0.05) is 35.3 Å². The van der Waals surface area contributed by atoms with Crippen LogP contribution in [-0.4, -0.2) is 32.6 Å². The lowest BCUT2D eigenvalue weighted by Gasteiger charge is -2.15. The topological polar surface area (TPSA) is 90.9 Å². The molecule has 7 nitrogen and oxygen atoms in total. The molecule has 0 aliphatic heterocycles. The fourth-order valence-corrected chi connectivity index (χ4v) is 3.89. The zero-order chi connectivity index (χ0) is 22.0. The largest absolute Gasteiger partial charge is 0.487 e. The van der Waals surface area contributed by atoms with E-state index in [1.54, 1.807) is 12.4 Å². The second-order valence-corrected chi connectivity index (χ2v) is 7.86. The number of para-hydroxylation sites is 1. The molecule has 4 rings (SSSR count). The van der Waals surface area contributed by atoms with Gasteiger partial charge in [0.05, 0.1) is 10.0 Å². The third-order valence-corrected chi connectivity index (χ3v) is 5.60. The van der Waals surface area contributed by atoms with Gasteiger partial charge in [-0.2, -0.15) is 0 Å². The lowest BCUT2D eigenvalue weighted by atomic mass is 10.1. The van der Waals surface area contributed by atoms with E-state index in [0.29, 0.717) is 40.3 Å².